The van der Waals surface area contributed by atoms with Crippen molar-refractivity contribution in [3.8, 4) is 0 Å². The van der Waals surface area contributed by atoms with Crippen molar-refractivity contribution < 1.29 is 33.4 Å². The lowest BCUT2D eigenvalue weighted by Gasteiger charge is -2.72. The fourth-order valence-electron chi connectivity index (χ4n) is 15.7. The molecule has 1 unspecified atom stereocenters. The third kappa shape index (κ3) is 8.20. The Balaban J connectivity index is 0.943. The second-order valence-electron chi connectivity index (χ2n) is 24.6. The molecule has 9 nitrogen and oxygen atoms in total. The average molecular weight is 938 g/mol. The monoisotopic (exact) mass is 937 g/mol. The largest absolute Gasteiger partial charge is 0.462 e. The number of esters is 2. The Kier molecular flexibility index (Phi) is 12.9. The Hall–Kier alpha value is -3.98. The van der Waals surface area contributed by atoms with Crippen LogP contribution < -0.4 is 10.6 Å². The first-order chi connectivity index (χ1) is 31.3. The van der Waals surface area contributed by atoms with Crippen molar-refractivity contribution in [3.63, 3.8) is 0 Å². The number of halogens is 1. The number of nitrogens with one attached hydrogen (secondary N) is 2. The predicted octanol–water partition coefficient (Wildman–Crippen LogP) is 11.7. The van der Waals surface area contributed by atoms with Gasteiger partial charge in [0, 0.05) is 34.4 Å². The van der Waals surface area contributed by atoms with Gasteiger partial charge in [-0.15, -0.1) is 0 Å². The molecule has 0 spiro atoms. The average Bonchev–Trinajstić information content (AvgIpc) is 3.56. The van der Waals surface area contributed by atoms with Crippen LogP contribution in [0.15, 0.2) is 65.7 Å². The zero-order chi connectivity index (χ0) is 48.7. The minimum absolute atomic E-state index is 0.00722. The molecule has 0 saturated heterocycles. The highest BCUT2D eigenvalue weighted by molar-refractivity contribution is 6.30. The van der Waals surface area contributed by atoms with Gasteiger partial charge in [-0.05, 0) is 159 Å². The molecule has 10 atom stereocenters. The van der Waals surface area contributed by atoms with Crippen LogP contribution in [0.3, 0.4) is 0 Å². The minimum Gasteiger partial charge on any atom is -0.462 e. The van der Waals surface area contributed by atoms with E-state index in [1.165, 1.54) is 5.57 Å². The molecule has 0 bridgehead atoms. The first-order valence-corrected chi connectivity index (χ1v) is 25.8. The minimum atomic E-state index is -1.15. The highest BCUT2D eigenvalue weighted by Crippen LogP contribution is 2.77. The zero-order valence-electron chi connectivity index (χ0n) is 42.2. The number of ether oxygens (including phenoxy) is 2. The van der Waals surface area contributed by atoms with Crippen LogP contribution in [-0.2, 0) is 35.3 Å². The summed E-state index contributed by atoms with van der Waals surface area (Å²) in [6, 6.07) is 16.3. The molecule has 6 aliphatic carbocycles. The molecule has 8 rings (SSSR count). The van der Waals surface area contributed by atoms with Crippen LogP contribution in [0.5, 0.6) is 0 Å². The van der Waals surface area contributed by atoms with Gasteiger partial charge in [0.05, 0.1) is 11.8 Å². The molecule has 0 heterocycles. The fourth-order valence-corrected chi connectivity index (χ4v) is 15.8. The van der Waals surface area contributed by atoms with E-state index in [1.54, 1.807) is 38.1 Å². The second kappa shape index (κ2) is 17.5. The number of carbonyl (C=O) groups is 5. The fraction of sp³-hybridized carbons (Fsp3) is 0.667. The van der Waals surface area contributed by atoms with Gasteiger partial charge in [0.15, 0.2) is 5.78 Å². The number of carbonyl (C=O) groups excluding carboxylic acids is 5. The van der Waals surface area contributed by atoms with Crippen molar-refractivity contribution in [1.82, 2.24) is 10.6 Å². The van der Waals surface area contributed by atoms with Gasteiger partial charge in [-0.25, -0.2) is 0 Å². The molecule has 0 aliphatic heterocycles. The van der Waals surface area contributed by atoms with Crippen LogP contribution in [0.25, 0.3) is 0 Å². The number of benzene rings is 2. The van der Waals surface area contributed by atoms with Crippen molar-refractivity contribution in [2.24, 2.45) is 68.0 Å². The topological polar surface area (TPSA) is 128 Å². The van der Waals surface area contributed by atoms with Crippen molar-refractivity contribution in [3.05, 3.63) is 81.9 Å². The van der Waals surface area contributed by atoms with Crippen LogP contribution >= 0.6 is 11.6 Å². The molecule has 2 N–H and O–H groups in total. The molecule has 0 radical (unpaired) electrons. The summed E-state index contributed by atoms with van der Waals surface area (Å²) in [6.45, 7) is 24.8. The van der Waals surface area contributed by atoms with Crippen molar-refractivity contribution >= 4 is 41.1 Å². The Labute approximate surface area is 405 Å². The van der Waals surface area contributed by atoms with Crippen molar-refractivity contribution in [2.45, 2.75) is 165 Å². The van der Waals surface area contributed by atoms with Crippen LogP contribution in [0, 0.1) is 68.0 Å². The van der Waals surface area contributed by atoms with Gasteiger partial charge in [-0.2, -0.15) is 0 Å². The summed E-state index contributed by atoms with van der Waals surface area (Å²) < 4.78 is 12.3. The molecule has 67 heavy (non-hydrogen) atoms. The third-order valence-electron chi connectivity index (χ3n) is 19.8. The Bertz CT molecular complexity index is 2320. The van der Waals surface area contributed by atoms with E-state index in [4.69, 9.17) is 21.1 Å². The van der Waals surface area contributed by atoms with Gasteiger partial charge in [0.25, 0.3) is 5.91 Å². The summed E-state index contributed by atoms with van der Waals surface area (Å²) >= 11 is 6.03. The van der Waals surface area contributed by atoms with E-state index in [9.17, 15) is 24.0 Å². The van der Waals surface area contributed by atoms with E-state index < -0.39 is 11.0 Å². The number of ketones is 1. The van der Waals surface area contributed by atoms with E-state index in [-0.39, 0.29) is 93.0 Å². The Morgan fingerprint density at radius 3 is 2.10 bits per heavy atom. The molecule has 364 valence electrons. The molecule has 10 heteroatoms. The van der Waals surface area contributed by atoms with Crippen LogP contribution in [0.4, 0.5) is 0 Å². The first-order valence-electron chi connectivity index (χ1n) is 25.4. The lowest BCUT2D eigenvalue weighted by atomic mass is 9.33. The lowest BCUT2D eigenvalue weighted by molar-refractivity contribution is -0.236. The maximum Gasteiger partial charge on any atom is 0.309 e. The van der Waals surface area contributed by atoms with Crippen LogP contribution in [0.1, 0.15) is 163 Å². The summed E-state index contributed by atoms with van der Waals surface area (Å²) in [5.74, 6) is -0.172. The third-order valence-corrected chi connectivity index (χ3v) is 20.1. The summed E-state index contributed by atoms with van der Waals surface area (Å²) in [4.78, 5) is 68.3. The number of allylic oxidation sites excluding steroid dienone is 2. The second-order valence-corrected chi connectivity index (χ2v) is 25.0. The number of hydrogen-bond donors (Lipinski definition) is 2. The number of fused-ring (bicyclic) bond motifs is 7. The highest BCUT2D eigenvalue weighted by Gasteiger charge is 2.70. The van der Waals surface area contributed by atoms with Gasteiger partial charge in [0.1, 0.15) is 18.2 Å². The van der Waals surface area contributed by atoms with Gasteiger partial charge < -0.3 is 20.1 Å². The number of rotatable bonds is 12. The molecule has 2 aromatic carbocycles. The molecule has 0 aromatic heterocycles. The maximum absolute atomic E-state index is 14.2. The SMILES string of the molecule is CC(C)C1=C2C3CC[C@@H]4[C@@]5(C)CC[C@H](OC(=O)[C@H]6C[C@@H](C(=O)OCc7ccccc7)C6(C)C)C(C)(C)[C@@H]5CC[C@@]4(C)[C@]3(C)CC[C@@]2(CCNC(=O)C(C)(C)NC(=O)c2ccc(Cl)cc2)CC1=O. The van der Waals surface area contributed by atoms with E-state index in [2.05, 4.69) is 59.1 Å². The van der Waals surface area contributed by atoms with Crippen molar-refractivity contribution in [1.29, 1.82) is 0 Å². The van der Waals surface area contributed by atoms with Gasteiger partial charge >= 0.3 is 11.9 Å². The molecule has 5 saturated carbocycles. The van der Waals surface area contributed by atoms with E-state index >= 15 is 0 Å². The van der Waals surface area contributed by atoms with Crippen molar-refractivity contribution in [2.75, 3.05) is 6.54 Å². The molecule has 6 aliphatic rings. The van der Waals surface area contributed by atoms with E-state index in [0.717, 1.165) is 62.5 Å². The molecular formula is C57H77ClN2O7. The smallest absolute Gasteiger partial charge is 0.309 e. The summed E-state index contributed by atoms with van der Waals surface area (Å²) in [5.41, 5.74) is 1.68. The van der Waals surface area contributed by atoms with Crippen LogP contribution in [-0.4, -0.2) is 47.7 Å². The van der Waals surface area contributed by atoms with Gasteiger partial charge in [-0.3, -0.25) is 24.0 Å². The summed E-state index contributed by atoms with van der Waals surface area (Å²) in [5, 5.41) is 6.60. The highest BCUT2D eigenvalue weighted by atomic mass is 35.5. The Morgan fingerprint density at radius 2 is 1.45 bits per heavy atom. The normalized spacial score (nSPS) is 35.0. The summed E-state index contributed by atoms with van der Waals surface area (Å²) in [7, 11) is 0. The quantitative estimate of drug-likeness (QED) is 0.203. The molecule has 5 fully saturated rings. The number of amides is 2. The van der Waals surface area contributed by atoms with Gasteiger partial charge in [0.2, 0.25) is 5.91 Å². The number of Topliss-reactive ketones (excluding diaryl/α,β-unsaturated/α-hetero) is 1. The predicted molar refractivity (Wildman–Crippen MR) is 262 cm³/mol. The lowest BCUT2D eigenvalue weighted by Crippen LogP contribution is -2.66. The van der Waals surface area contributed by atoms with E-state index in [0.29, 0.717) is 48.2 Å². The maximum atomic E-state index is 14.2. The molecule has 2 amide bonds. The molecular weight excluding hydrogens is 860 g/mol. The van der Waals surface area contributed by atoms with E-state index in [1.807, 2.05) is 44.2 Å². The summed E-state index contributed by atoms with van der Waals surface area (Å²) in [6.07, 6.45) is 9.51. The standard InChI is InChI=1S/C57H77ClN2O7/c1-34(2)45-41(61)32-57(29-30-59-50(65)53(7,8)60-47(62)36-17-19-37(58)20-18-36)28-27-55(10)38(46(45)57)21-22-43-54(9)25-24-44(52(5,6)42(54)23-26-56(43,55)11)67-49(64)40-31-39(51(40,3)4)48(63)66-33-35-15-13-12-14-16-35/h12-20,34,38-40,42-44H,21-33H2,1-11H3,(H,59,65)(H,60,62)/t38?,39-,40+,42-,43+,44-,54-,55+,56+,57+/m0/s1. The zero-order valence-corrected chi connectivity index (χ0v) is 42.9. The first kappa shape index (κ1) is 49.4. The molecule has 2 aromatic rings. The van der Waals surface area contributed by atoms with Crippen LogP contribution in [0.2, 0.25) is 5.02 Å². The Morgan fingerprint density at radius 1 is 0.776 bits per heavy atom. The number of hydrogen-bond acceptors (Lipinski definition) is 7. The van der Waals surface area contributed by atoms with Gasteiger partial charge in [-0.1, -0.05) is 110 Å².